The number of aryl methyl sites for hydroxylation is 4. The number of hydrogen-bond donors (Lipinski definition) is 2. The van der Waals surface area contributed by atoms with Gasteiger partial charge in [-0.3, -0.25) is 15.4 Å². The van der Waals surface area contributed by atoms with Gasteiger partial charge in [0.15, 0.2) is 0 Å². The van der Waals surface area contributed by atoms with E-state index in [1.807, 2.05) is 55.4 Å². The number of aliphatic hydroxyl groups excluding tert-OH is 1. The summed E-state index contributed by atoms with van der Waals surface area (Å²) in [6.45, 7) is 22.8. The lowest BCUT2D eigenvalue weighted by Crippen LogP contribution is -2.50. The van der Waals surface area contributed by atoms with Gasteiger partial charge in [-0.1, -0.05) is 12.1 Å². The summed E-state index contributed by atoms with van der Waals surface area (Å²) in [5, 5.41) is 7.00. The molecule has 0 aliphatic carbocycles. The van der Waals surface area contributed by atoms with E-state index in [-0.39, 0.29) is 43.5 Å². The lowest BCUT2D eigenvalue weighted by molar-refractivity contribution is -0.120. The van der Waals surface area contributed by atoms with Gasteiger partial charge in [0, 0.05) is 46.1 Å². The number of aliphatic hydroxyl groups is 1. The van der Waals surface area contributed by atoms with Crippen molar-refractivity contribution >= 4 is 37.8 Å². The van der Waals surface area contributed by atoms with Crippen LogP contribution in [0.2, 0.25) is 0 Å². The molecule has 312 valence electrons. The molecule has 2 aliphatic heterocycles. The highest BCUT2D eigenvalue weighted by Crippen LogP contribution is 2.24. The molecule has 0 bridgehead atoms. The first-order valence-corrected chi connectivity index (χ1v) is 21.8. The molecule has 0 spiro atoms. The van der Waals surface area contributed by atoms with Crippen LogP contribution in [0, 0.1) is 20.4 Å². The number of ether oxygens (including phenoxy) is 2. The number of sulfonamides is 2. The maximum absolute atomic E-state index is 12.6. The summed E-state index contributed by atoms with van der Waals surface area (Å²) in [6, 6.07) is 10.4. The van der Waals surface area contributed by atoms with E-state index in [1.54, 1.807) is 36.4 Å². The first-order valence-electron chi connectivity index (χ1n) is 18.6. The van der Waals surface area contributed by atoms with E-state index in [2.05, 4.69) is 4.85 Å². The molecule has 2 saturated heterocycles. The minimum atomic E-state index is -3.42. The molecule has 2 aromatic rings. The normalized spacial score (nSPS) is 16.6. The Morgan fingerprint density at radius 1 is 0.750 bits per heavy atom. The Hall–Kier alpha value is -3.72. The van der Waals surface area contributed by atoms with Crippen molar-refractivity contribution in [2.45, 2.75) is 111 Å². The second-order valence-corrected chi connectivity index (χ2v) is 20.1. The molecule has 56 heavy (non-hydrogen) atoms. The number of carbonyl (C=O) groups is 3. The second-order valence-electron chi connectivity index (χ2n) is 16.0. The molecule has 0 unspecified atom stereocenters. The van der Waals surface area contributed by atoms with Gasteiger partial charge in [-0.05, 0) is 115 Å². The predicted molar refractivity (Wildman–Crippen MR) is 216 cm³/mol. The topological polar surface area (TPSA) is 195 Å². The van der Waals surface area contributed by atoms with E-state index in [1.165, 1.54) is 8.61 Å². The summed E-state index contributed by atoms with van der Waals surface area (Å²) in [4.78, 5) is 39.0. The summed E-state index contributed by atoms with van der Waals surface area (Å²) in [6.07, 6.45) is 2.01. The van der Waals surface area contributed by atoms with Gasteiger partial charge < -0.3 is 14.6 Å². The van der Waals surface area contributed by atoms with Crippen molar-refractivity contribution in [3.8, 4) is 0 Å². The van der Waals surface area contributed by atoms with Crippen LogP contribution in [0.5, 0.6) is 0 Å². The van der Waals surface area contributed by atoms with Crippen LogP contribution in [0.4, 0.5) is 0 Å². The molecular formula is C40H60N4O10S2. The van der Waals surface area contributed by atoms with Gasteiger partial charge in [0.25, 0.3) is 5.66 Å². The van der Waals surface area contributed by atoms with E-state index in [9.17, 15) is 31.2 Å². The van der Waals surface area contributed by atoms with Gasteiger partial charge in [0.05, 0.1) is 35.5 Å². The maximum Gasteiger partial charge on any atom is 0.338 e. The highest BCUT2D eigenvalue weighted by atomic mass is 32.2. The molecule has 2 aliphatic rings. The Labute approximate surface area is 333 Å². The van der Waals surface area contributed by atoms with Crippen LogP contribution in [0.25, 0.3) is 4.85 Å². The molecule has 0 atom stereocenters. The molecule has 2 heterocycles. The Bertz CT molecular complexity index is 1940. The van der Waals surface area contributed by atoms with E-state index in [4.69, 9.17) is 26.9 Å². The molecule has 4 rings (SSSR count). The lowest BCUT2D eigenvalue weighted by Gasteiger charge is -2.30. The van der Waals surface area contributed by atoms with Crippen molar-refractivity contribution in [2.75, 3.05) is 44.8 Å². The number of esters is 2. The molecule has 0 saturated carbocycles. The fourth-order valence-electron chi connectivity index (χ4n) is 5.89. The quantitative estimate of drug-likeness (QED) is 0.252. The van der Waals surface area contributed by atoms with Crippen molar-refractivity contribution in [3.63, 3.8) is 0 Å². The fourth-order valence-corrected chi connectivity index (χ4v) is 8.84. The Kier molecular flexibility index (Phi) is 17.4. The minimum absolute atomic E-state index is 0.00614. The summed E-state index contributed by atoms with van der Waals surface area (Å²) in [5.41, 5.74) is 8.22. The number of carbonyl (C=O) groups excluding carboxylic acids is 3. The van der Waals surface area contributed by atoms with Crippen LogP contribution >= 0.6 is 0 Å². The van der Waals surface area contributed by atoms with Gasteiger partial charge in [-0.25, -0.2) is 41.6 Å². The molecule has 0 radical (unpaired) electrons. The number of piperidine rings is 2. The molecule has 2 fully saturated rings. The third-order valence-electron chi connectivity index (χ3n) is 9.09. The number of Topliss-reactive ketones (excluding diaryl/α,β-unsaturated/α-hetero) is 1. The van der Waals surface area contributed by atoms with Crippen LogP contribution in [0.15, 0.2) is 36.4 Å². The number of benzene rings is 2. The van der Waals surface area contributed by atoms with Crippen LogP contribution in [-0.4, -0.2) is 110 Å². The number of rotatable bonds is 10. The molecule has 14 nitrogen and oxygen atoms in total. The largest absolute Gasteiger partial charge is 0.456 e. The zero-order valence-corrected chi connectivity index (χ0v) is 35.9. The number of nitrogens with zero attached hydrogens (tertiary/aromatic N) is 3. The minimum Gasteiger partial charge on any atom is -0.456 e. The Balaban J connectivity index is 0.000000371. The second kappa shape index (κ2) is 20.1. The first kappa shape index (κ1) is 48.4. The first-order chi connectivity index (χ1) is 25.8. The summed E-state index contributed by atoms with van der Waals surface area (Å²) >= 11 is 0. The average molecular weight is 821 g/mol. The maximum atomic E-state index is 12.6. The van der Waals surface area contributed by atoms with E-state index >= 15 is 0 Å². The van der Waals surface area contributed by atoms with Gasteiger partial charge in [0.2, 0.25) is 20.0 Å². The summed E-state index contributed by atoms with van der Waals surface area (Å²) < 4.78 is 63.7. The SMILES string of the molecule is CO.Cc1cc(C(=O)OC(C)(C)C)ccc1CCS(=O)(=O)N1CCC(=O)CC1.[C-]#[N+]C1(N)CCN(S(=O)(=O)CCc2ccc(C(=O)OC(C)(C)C)cc2C)CC1. The van der Waals surface area contributed by atoms with Crippen LogP contribution in [0.1, 0.15) is 110 Å². The zero-order chi connectivity index (χ0) is 42.7. The molecule has 0 aromatic heterocycles. The Morgan fingerprint density at radius 3 is 1.43 bits per heavy atom. The fraction of sp³-hybridized carbons (Fsp3) is 0.600. The number of ketones is 1. The number of hydrogen-bond acceptors (Lipinski definition) is 11. The monoisotopic (exact) mass is 820 g/mol. The highest BCUT2D eigenvalue weighted by molar-refractivity contribution is 7.89. The van der Waals surface area contributed by atoms with Crippen LogP contribution in [0.3, 0.4) is 0 Å². The smallest absolute Gasteiger partial charge is 0.338 e. The molecule has 2 aromatic carbocycles. The van der Waals surface area contributed by atoms with Crippen molar-refractivity contribution in [2.24, 2.45) is 5.73 Å². The van der Waals surface area contributed by atoms with Crippen molar-refractivity contribution < 1.29 is 45.8 Å². The Morgan fingerprint density at radius 2 is 1.11 bits per heavy atom. The number of nitrogens with two attached hydrogens (primary N) is 1. The van der Waals surface area contributed by atoms with Crippen LogP contribution < -0.4 is 5.73 Å². The van der Waals surface area contributed by atoms with Crippen LogP contribution in [-0.2, 0) is 47.2 Å². The molecular weight excluding hydrogens is 761 g/mol. The standard InChI is InChI=1S/C20H29N3O4S.C19H27NO5S.CH4O/c1-15-14-17(18(24)27-19(2,3)4)7-6-16(15)8-13-28(25,26)23-11-9-20(21,22-5)10-12-23;1-14-13-16(18(22)25-19(2,3)4)6-5-15(14)9-12-26(23,24)20-10-7-17(21)8-11-20;1-2/h6-7,14H,8-13,21H2,1-4H3;5-6,13H,7-12H2,1-4H3;2H,1H3. The van der Waals surface area contributed by atoms with Crippen molar-refractivity contribution in [3.05, 3.63) is 81.2 Å². The van der Waals surface area contributed by atoms with Gasteiger partial charge in [0.1, 0.15) is 17.0 Å². The van der Waals surface area contributed by atoms with Crippen molar-refractivity contribution in [1.82, 2.24) is 8.61 Å². The van der Waals surface area contributed by atoms with Crippen molar-refractivity contribution in [1.29, 1.82) is 0 Å². The molecule has 16 heteroatoms. The van der Waals surface area contributed by atoms with Gasteiger partial charge in [-0.2, -0.15) is 0 Å². The summed E-state index contributed by atoms with van der Waals surface area (Å²) in [5.74, 6) is -0.695. The lowest BCUT2D eigenvalue weighted by atomic mass is 10.0. The zero-order valence-electron chi connectivity index (χ0n) is 34.3. The highest BCUT2D eigenvalue weighted by Gasteiger charge is 2.39. The molecule has 0 amide bonds. The van der Waals surface area contributed by atoms with E-state index in [0.717, 1.165) is 29.4 Å². The molecule has 3 N–H and O–H groups in total. The summed E-state index contributed by atoms with van der Waals surface area (Å²) in [7, 11) is -5.81. The van der Waals surface area contributed by atoms with E-state index < -0.39 is 48.9 Å². The predicted octanol–water partition coefficient (Wildman–Crippen LogP) is 4.59. The third-order valence-corrected chi connectivity index (χ3v) is 12.8. The van der Waals surface area contributed by atoms with Gasteiger partial charge >= 0.3 is 11.9 Å². The van der Waals surface area contributed by atoms with Gasteiger partial charge in [-0.15, -0.1) is 0 Å². The average Bonchev–Trinajstić information content (AvgIpc) is 3.10. The third kappa shape index (κ3) is 15.3. The van der Waals surface area contributed by atoms with E-state index in [0.29, 0.717) is 49.7 Å².